The van der Waals surface area contributed by atoms with Crippen molar-refractivity contribution in [2.75, 3.05) is 18.4 Å². The van der Waals surface area contributed by atoms with E-state index in [4.69, 9.17) is 17.3 Å². The number of halogens is 2. The fraction of sp³-hybridized carbons (Fsp3) is 0.300. The Morgan fingerprint density at radius 3 is 2.74 bits per heavy atom. The van der Waals surface area contributed by atoms with Crippen molar-refractivity contribution in [1.29, 1.82) is 0 Å². The molecule has 1 heterocycles. The number of primary amides is 1. The highest BCUT2D eigenvalue weighted by Gasteiger charge is 2.27. The van der Waals surface area contributed by atoms with Crippen LogP contribution in [0.1, 0.15) is 28.8 Å². The third-order valence-corrected chi connectivity index (χ3v) is 5.12. The second-order valence-corrected chi connectivity index (χ2v) is 7.08. The Balaban J connectivity index is 1.67. The largest absolute Gasteiger partial charge is 0.366 e. The summed E-state index contributed by atoms with van der Waals surface area (Å²) in [6, 6.07) is 11.3. The first-order valence-corrected chi connectivity index (χ1v) is 9.18. The molecule has 0 aliphatic carbocycles. The number of piperidine rings is 1. The van der Waals surface area contributed by atoms with Gasteiger partial charge in [0, 0.05) is 23.7 Å². The topological polar surface area (TPSA) is 75.4 Å². The smallest absolute Gasteiger partial charge is 0.250 e. The van der Waals surface area contributed by atoms with Gasteiger partial charge in [-0.3, -0.25) is 14.5 Å². The minimum atomic E-state index is -0.592. The molecule has 2 aromatic carbocycles. The van der Waals surface area contributed by atoms with Crippen LogP contribution in [0.4, 0.5) is 10.1 Å². The number of nitrogens with zero attached hydrogens (tertiary/aromatic N) is 1. The molecule has 3 N–H and O–H groups in total. The zero-order valence-corrected chi connectivity index (χ0v) is 15.5. The Kier molecular flexibility index (Phi) is 6.08. The van der Waals surface area contributed by atoms with Gasteiger partial charge in [-0.1, -0.05) is 29.8 Å². The first-order valence-electron chi connectivity index (χ1n) is 8.80. The molecule has 7 heteroatoms. The lowest BCUT2D eigenvalue weighted by molar-refractivity contribution is -0.121. The average Bonchev–Trinajstić information content (AvgIpc) is 2.65. The summed E-state index contributed by atoms with van der Waals surface area (Å²) in [5, 5.41) is 3.19. The Morgan fingerprint density at radius 2 is 2.00 bits per heavy atom. The van der Waals surface area contributed by atoms with Gasteiger partial charge in [0.25, 0.3) is 5.91 Å². The van der Waals surface area contributed by atoms with Gasteiger partial charge in [-0.05, 0) is 43.7 Å². The van der Waals surface area contributed by atoms with E-state index in [-0.39, 0.29) is 23.2 Å². The zero-order chi connectivity index (χ0) is 19.4. The van der Waals surface area contributed by atoms with Crippen LogP contribution in [0.2, 0.25) is 5.02 Å². The molecule has 1 aliphatic rings. The maximum Gasteiger partial charge on any atom is 0.250 e. The second-order valence-electron chi connectivity index (χ2n) is 6.67. The molecule has 142 valence electrons. The molecule has 0 aromatic heterocycles. The molecule has 1 aliphatic heterocycles. The molecule has 0 saturated carbocycles. The SMILES string of the molecule is NC(=O)c1ccccc1NC(=O)C1CCCN(Cc2c(F)cccc2Cl)C1. The summed E-state index contributed by atoms with van der Waals surface area (Å²) in [6.45, 7) is 1.62. The molecule has 0 spiro atoms. The summed E-state index contributed by atoms with van der Waals surface area (Å²) in [6.07, 6.45) is 1.55. The summed E-state index contributed by atoms with van der Waals surface area (Å²) in [5.41, 5.74) is 6.48. The number of hydrogen-bond acceptors (Lipinski definition) is 3. The molecule has 0 radical (unpaired) electrons. The maximum atomic E-state index is 14.0. The van der Waals surface area contributed by atoms with E-state index in [2.05, 4.69) is 5.32 Å². The number of anilines is 1. The van der Waals surface area contributed by atoms with Gasteiger partial charge in [0.1, 0.15) is 5.82 Å². The molecule has 3 rings (SSSR count). The molecule has 1 atom stereocenters. The Labute approximate surface area is 162 Å². The van der Waals surface area contributed by atoms with E-state index in [1.54, 1.807) is 36.4 Å². The van der Waals surface area contributed by atoms with Crippen LogP contribution in [0, 0.1) is 11.7 Å². The fourth-order valence-corrected chi connectivity index (χ4v) is 3.58. The molecule has 0 bridgehead atoms. The molecular formula is C20H21ClFN3O2. The molecule has 5 nitrogen and oxygen atoms in total. The average molecular weight is 390 g/mol. The monoisotopic (exact) mass is 389 g/mol. The van der Waals surface area contributed by atoms with E-state index >= 15 is 0 Å². The van der Waals surface area contributed by atoms with Crippen molar-refractivity contribution < 1.29 is 14.0 Å². The van der Waals surface area contributed by atoms with Crippen LogP contribution in [0.3, 0.4) is 0 Å². The van der Waals surface area contributed by atoms with Gasteiger partial charge in [-0.15, -0.1) is 0 Å². The van der Waals surface area contributed by atoms with Crippen molar-refractivity contribution in [2.24, 2.45) is 11.7 Å². The number of benzene rings is 2. The van der Waals surface area contributed by atoms with Crippen molar-refractivity contribution in [2.45, 2.75) is 19.4 Å². The van der Waals surface area contributed by atoms with Gasteiger partial charge in [-0.2, -0.15) is 0 Å². The van der Waals surface area contributed by atoms with Crippen LogP contribution in [0.25, 0.3) is 0 Å². The van der Waals surface area contributed by atoms with Crippen LogP contribution in [-0.4, -0.2) is 29.8 Å². The molecule has 27 heavy (non-hydrogen) atoms. The van der Waals surface area contributed by atoms with Crippen LogP contribution in [0.5, 0.6) is 0 Å². The number of nitrogens with one attached hydrogen (secondary N) is 1. The fourth-order valence-electron chi connectivity index (χ4n) is 3.36. The summed E-state index contributed by atoms with van der Waals surface area (Å²) < 4.78 is 14.0. The highest BCUT2D eigenvalue weighted by atomic mass is 35.5. The third kappa shape index (κ3) is 4.64. The van der Waals surface area contributed by atoms with E-state index in [0.717, 1.165) is 19.4 Å². The molecule has 1 fully saturated rings. The zero-order valence-electron chi connectivity index (χ0n) is 14.8. The summed E-state index contributed by atoms with van der Waals surface area (Å²) in [4.78, 5) is 26.2. The number of likely N-dealkylation sites (tertiary alicyclic amines) is 1. The van der Waals surface area contributed by atoms with Gasteiger partial charge in [-0.25, -0.2) is 4.39 Å². The lowest BCUT2D eigenvalue weighted by atomic mass is 9.96. The highest BCUT2D eigenvalue weighted by molar-refractivity contribution is 6.31. The molecule has 1 unspecified atom stereocenters. The van der Waals surface area contributed by atoms with Gasteiger partial charge in [0.2, 0.25) is 5.91 Å². The minimum absolute atomic E-state index is 0.173. The lowest BCUT2D eigenvalue weighted by Crippen LogP contribution is -2.40. The van der Waals surface area contributed by atoms with Gasteiger partial charge in [0.15, 0.2) is 0 Å². The highest BCUT2D eigenvalue weighted by Crippen LogP contribution is 2.25. The number of carbonyl (C=O) groups excluding carboxylic acids is 2. The number of amides is 2. The van der Waals surface area contributed by atoms with Gasteiger partial charge >= 0.3 is 0 Å². The standard InChI is InChI=1S/C20H21ClFN3O2/c21-16-7-3-8-17(22)15(16)12-25-10-4-5-13(11-25)20(27)24-18-9-2-1-6-14(18)19(23)26/h1-3,6-9,13H,4-5,10-12H2,(H2,23,26)(H,24,27). The van der Waals surface area contributed by atoms with Crippen LogP contribution in [0.15, 0.2) is 42.5 Å². The molecule has 1 saturated heterocycles. The van der Waals surface area contributed by atoms with Crippen molar-refractivity contribution in [3.63, 3.8) is 0 Å². The molecular weight excluding hydrogens is 369 g/mol. The predicted molar refractivity (Wildman–Crippen MR) is 103 cm³/mol. The van der Waals surface area contributed by atoms with Crippen LogP contribution < -0.4 is 11.1 Å². The molecule has 2 aromatic rings. The first kappa shape index (κ1) is 19.3. The number of para-hydroxylation sites is 1. The van der Waals surface area contributed by atoms with Crippen molar-refractivity contribution in [3.05, 3.63) is 64.4 Å². The number of nitrogens with two attached hydrogens (primary N) is 1. The Bertz CT molecular complexity index is 839. The Morgan fingerprint density at radius 1 is 1.22 bits per heavy atom. The van der Waals surface area contributed by atoms with E-state index in [9.17, 15) is 14.0 Å². The maximum absolute atomic E-state index is 14.0. The first-order chi connectivity index (χ1) is 13.0. The third-order valence-electron chi connectivity index (χ3n) is 4.77. The van der Waals surface area contributed by atoms with Crippen LogP contribution >= 0.6 is 11.6 Å². The number of hydrogen-bond donors (Lipinski definition) is 2. The quantitative estimate of drug-likeness (QED) is 0.822. The summed E-state index contributed by atoms with van der Waals surface area (Å²) in [7, 11) is 0. The van der Waals surface area contributed by atoms with E-state index < -0.39 is 5.91 Å². The number of rotatable bonds is 5. The second kappa shape index (κ2) is 8.50. The molecule has 2 amide bonds. The minimum Gasteiger partial charge on any atom is -0.366 e. The Hall–Kier alpha value is -2.44. The van der Waals surface area contributed by atoms with Crippen molar-refractivity contribution in [1.82, 2.24) is 4.90 Å². The summed E-state index contributed by atoms with van der Waals surface area (Å²) >= 11 is 6.11. The van der Waals surface area contributed by atoms with Crippen molar-refractivity contribution >= 4 is 29.1 Å². The van der Waals surface area contributed by atoms with E-state index in [1.807, 2.05) is 4.90 Å². The van der Waals surface area contributed by atoms with Crippen molar-refractivity contribution in [3.8, 4) is 0 Å². The van der Waals surface area contributed by atoms with E-state index in [1.165, 1.54) is 6.07 Å². The van der Waals surface area contributed by atoms with Gasteiger partial charge < -0.3 is 11.1 Å². The number of carbonyl (C=O) groups is 2. The van der Waals surface area contributed by atoms with E-state index in [0.29, 0.717) is 29.4 Å². The predicted octanol–water partition coefficient (Wildman–Crippen LogP) is 3.43. The van der Waals surface area contributed by atoms with Gasteiger partial charge in [0.05, 0.1) is 17.2 Å². The van der Waals surface area contributed by atoms with Crippen LogP contribution in [-0.2, 0) is 11.3 Å². The lowest BCUT2D eigenvalue weighted by Gasteiger charge is -2.32. The normalized spacial score (nSPS) is 17.5. The summed E-state index contributed by atoms with van der Waals surface area (Å²) in [5.74, 6) is -1.37.